The largest absolute Gasteiger partial charge is 0.508 e. The summed E-state index contributed by atoms with van der Waals surface area (Å²) in [5.74, 6) is 1.58. The second kappa shape index (κ2) is 5.60. The summed E-state index contributed by atoms with van der Waals surface area (Å²) in [5.41, 5.74) is 2.16. The Morgan fingerprint density at radius 2 is 2.19 bits per heavy atom. The molecule has 0 amide bonds. The molecule has 5 nitrogen and oxygen atoms in total. The van der Waals surface area contributed by atoms with Crippen molar-refractivity contribution in [2.45, 2.75) is 38.8 Å². The summed E-state index contributed by atoms with van der Waals surface area (Å²) in [6, 6.07) is 5.80. The summed E-state index contributed by atoms with van der Waals surface area (Å²) in [6.07, 6.45) is 5.17. The lowest BCUT2D eigenvalue weighted by Gasteiger charge is -2.15. The highest BCUT2D eigenvalue weighted by molar-refractivity contribution is 5.48. The standard InChI is InChI=1S/C16H19N3O2/c1-10(2)21-16-9-17-8-15(19-16)18-13-7-6-12-11(13)4-3-5-14(12)20/h3-5,8-10,13,20H,6-7H2,1-2H3,(H,18,19). The molecule has 0 radical (unpaired) electrons. The molecule has 1 aliphatic rings. The monoisotopic (exact) mass is 285 g/mol. The summed E-state index contributed by atoms with van der Waals surface area (Å²) in [4.78, 5) is 8.57. The molecule has 1 aromatic heterocycles. The van der Waals surface area contributed by atoms with Crippen LogP contribution in [0.25, 0.3) is 0 Å². The molecule has 2 aromatic rings. The average molecular weight is 285 g/mol. The van der Waals surface area contributed by atoms with Crippen molar-refractivity contribution in [3.05, 3.63) is 41.7 Å². The number of benzene rings is 1. The molecule has 1 heterocycles. The zero-order chi connectivity index (χ0) is 14.8. The van der Waals surface area contributed by atoms with Crippen LogP contribution in [0.4, 0.5) is 5.82 Å². The third kappa shape index (κ3) is 2.91. The van der Waals surface area contributed by atoms with Crippen LogP contribution in [0.5, 0.6) is 11.6 Å². The van der Waals surface area contributed by atoms with Crippen LogP contribution in [0.2, 0.25) is 0 Å². The second-order valence-electron chi connectivity index (χ2n) is 5.49. The molecule has 1 aliphatic carbocycles. The van der Waals surface area contributed by atoms with Gasteiger partial charge in [-0.3, -0.25) is 4.98 Å². The van der Waals surface area contributed by atoms with E-state index in [9.17, 15) is 5.11 Å². The summed E-state index contributed by atoms with van der Waals surface area (Å²) in [5, 5.41) is 13.3. The lowest BCUT2D eigenvalue weighted by molar-refractivity contribution is 0.232. The number of rotatable bonds is 4. The predicted octanol–water partition coefficient (Wildman–Crippen LogP) is 3.07. The summed E-state index contributed by atoms with van der Waals surface area (Å²) >= 11 is 0. The zero-order valence-electron chi connectivity index (χ0n) is 12.2. The van der Waals surface area contributed by atoms with Gasteiger partial charge in [0.25, 0.3) is 0 Å². The van der Waals surface area contributed by atoms with Gasteiger partial charge in [-0.05, 0) is 43.9 Å². The number of hydrogen-bond acceptors (Lipinski definition) is 5. The Balaban J connectivity index is 1.78. The van der Waals surface area contributed by atoms with Gasteiger partial charge in [0.2, 0.25) is 5.88 Å². The molecule has 110 valence electrons. The molecule has 0 aliphatic heterocycles. The molecule has 3 rings (SSSR count). The van der Waals surface area contributed by atoms with Crippen molar-refractivity contribution in [3.63, 3.8) is 0 Å². The number of aromatic nitrogens is 2. The first-order valence-electron chi connectivity index (χ1n) is 7.19. The molecular weight excluding hydrogens is 266 g/mol. The topological polar surface area (TPSA) is 67.3 Å². The minimum atomic E-state index is 0.0682. The fourth-order valence-electron chi connectivity index (χ4n) is 2.68. The minimum absolute atomic E-state index is 0.0682. The first-order chi connectivity index (χ1) is 10.1. The third-order valence-electron chi connectivity index (χ3n) is 3.54. The predicted molar refractivity (Wildman–Crippen MR) is 80.6 cm³/mol. The SMILES string of the molecule is CC(C)Oc1cncc(NC2CCc3c(O)cccc32)n1. The van der Waals surface area contributed by atoms with E-state index in [4.69, 9.17) is 4.74 Å². The number of aromatic hydroxyl groups is 1. The van der Waals surface area contributed by atoms with E-state index in [2.05, 4.69) is 15.3 Å². The van der Waals surface area contributed by atoms with Crippen molar-refractivity contribution in [2.75, 3.05) is 5.32 Å². The summed E-state index contributed by atoms with van der Waals surface area (Å²) < 4.78 is 5.55. The van der Waals surface area contributed by atoms with Crippen LogP contribution in [0, 0.1) is 0 Å². The van der Waals surface area contributed by atoms with E-state index in [1.807, 2.05) is 26.0 Å². The normalized spacial score (nSPS) is 16.8. The van der Waals surface area contributed by atoms with Gasteiger partial charge in [-0.2, -0.15) is 4.98 Å². The number of phenols is 1. The molecule has 0 fully saturated rings. The molecule has 1 aromatic carbocycles. The number of phenolic OH excluding ortho intramolecular Hbond substituents is 1. The maximum Gasteiger partial charge on any atom is 0.234 e. The number of ether oxygens (including phenoxy) is 1. The van der Waals surface area contributed by atoms with E-state index in [1.54, 1.807) is 18.5 Å². The van der Waals surface area contributed by atoms with E-state index in [0.29, 0.717) is 17.4 Å². The van der Waals surface area contributed by atoms with Crippen molar-refractivity contribution in [1.82, 2.24) is 9.97 Å². The van der Waals surface area contributed by atoms with Crippen molar-refractivity contribution in [1.29, 1.82) is 0 Å². The average Bonchev–Trinajstić information content (AvgIpc) is 2.83. The van der Waals surface area contributed by atoms with Gasteiger partial charge in [0, 0.05) is 0 Å². The van der Waals surface area contributed by atoms with Crippen LogP contribution in [-0.2, 0) is 6.42 Å². The highest BCUT2D eigenvalue weighted by atomic mass is 16.5. The zero-order valence-corrected chi connectivity index (χ0v) is 12.2. The molecule has 21 heavy (non-hydrogen) atoms. The Morgan fingerprint density at radius 1 is 1.33 bits per heavy atom. The smallest absolute Gasteiger partial charge is 0.234 e. The first kappa shape index (κ1) is 13.7. The minimum Gasteiger partial charge on any atom is -0.508 e. The van der Waals surface area contributed by atoms with Gasteiger partial charge in [0.1, 0.15) is 11.6 Å². The first-order valence-corrected chi connectivity index (χ1v) is 7.19. The Labute approximate surface area is 124 Å². The van der Waals surface area contributed by atoms with E-state index >= 15 is 0 Å². The molecule has 5 heteroatoms. The van der Waals surface area contributed by atoms with Gasteiger partial charge < -0.3 is 15.2 Å². The molecule has 1 unspecified atom stereocenters. The van der Waals surface area contributed by atoms with Crippen molar-refractivity contribution in [2.24, 2.45) is 0 Å². The van der Waals surface area contributed by atoms with Gasteiger partial charge >= 0.3 is 0 Å². The Hall–Kier alpha value is -2.30. The Morgan fingerprint density at radius 3 is 3.00 bits per heavy atom. The third-order valence-corrected chi connectivity index (χ3v) is 3.54. The summed E-state index contributed by atoms with van der Waals surface area (Å²) in [7, 11) is 0. The van der Waals surface area contributed by atoms with Crippen LogP contribution in [0.1, 0.15) is 37.4 Å². The van der Waals surface area contributed by atoms with Gasteiger partial charge in [-0.25, -0.2) is 0 Å². The highest BCUT2D eigenvalue weighted by Crippen LogP contribution is 2.37. The molecule has 0 saturated heterocycles. The van der Waals surface area contributed by atoms with Gasteiger partial charge in [0.05, 0.1) is 24.5 Å². The van der Waals surface area contributed by atoms with Crippen LogP contribution in [0.3, 0.4) is 0 Å². The molecule has 2 N–H and O–H groups in total. The van der Waals surface area contributed by atoms with Gasteiger partial charge in [-0.15, -0.1) is 0 Å². The fourth-order valence-corrected chi connectivity index (χ4v) is 2.68. The number of nitrogens with one attached hydrogen (secondary N) is 1. The van der Waals surface area contributed by atoms with Crippen LogP contribution >= 0.6 is 0 Å². The van der Waals surface area contributed by atoms with Crippen LogP contribution in [0.15, 0.2) is 30.6 Å². The Bertz CT molecular complexity index is 643. The number of anilines is 1. The lowest BCUT2D eigenvalue weighted by Crippen LogP contribution is -2.11. The van der Waals surface area contributed by atoms with Crippen molar-refractivity contribution in [3.8, 4) is 11.6 Å². The van der Waals surface area contributed by atoms with Crippen molar-refractivity contribution < 1.29 is 9.84 Å². The maximum absolute atomic E-state index is 9.88. The fraction of sp³-hybridized carbons (Fsp3) is 0.375. The number of hydrogen-bond donors (Lipinski definition) is 2. The molecule has 1 atom stereocenters. The van der Waals surface area contributed by atoms with E-state index in [0.717, 1.165) is 24.0 Å². The molecule has 0 saturated carbocycles. The lowest BCUT2D eigenvalue weighted by atomic mass is 10.1. The van der Waals surface area contributed by atoms with E-state index in [1.165, 1.54) is 0 Å². The van der Waals surface area contributed by atoms with Gasteiger partial charge in [0.15, 0.2) is 0 Å². The number of fused-ring (bicyclic) bond motifs is 1. The van der Waals surface area contributed by atoms with Crippen molar-refractivity contribution >= 4 is 5.82 Å². The van der Waals surface area contributed by atoms with Crippen LogP contribution < -0.4 is 10.1 Å². The Kier molecular flexibility index (Phi) is 3.64. The summed E-state index contributed by atoms with van der Waals surface area (Å²) in [6.45, 7) is 3.91. The molecule has 0 spiro atoms. The highest BCUT2D eigenvalue weighted by Gasteiger charge is 2.24. The van der Waals surface area contributed by atoms with Crippen LogP contribution in [-0.4, -0.2) is 21.2 Å². The number of nitrogens with zero attached hydrogens (tertiary/aromatic N) is 2. The molecule has 0 bridgehead atoms. The van der Waals surface area contributed by atoms with E-state index < -0.39 is 0 Å². The quantitative estimate of drug-likeness (QED) is 0.903. The van der Waals surface area contributed by atoms with Gasteiger partial charge in [-0.1, -0.05) is 12.1 Å². The maximum atomic E-state index is 9.88. The molecular formula is C16H19N3O2. The second-order valence-corrected chi connectivity index (χ2v) is 5.49. The van der Waals surface area contributed by atoms with E-state index in [-0.39, 0.29) is 12.1 Å².